The van der Waals surface area contributed by atoms with E-state index < -0.39 is 88.2 Å². The molecule has 11 unspecified atom stereocenters. The minimum atomic E-state index is -2.09. The molecule has 12 atom stereocenters. The lowest BCUT2D eigenvalue weighted by Gasteiger charge is -2.67. The van der Waals surface area contributed by atoms with Crippen molar-refractivity contribution in [2.75, 3.05) is 13.7 Å². The van der Waals surface area contributed by atoms with Gasteiger partial charge in [-0.2, -0.15) is 0 Å². The summed E-state index contributed by atoms with van der Waals surface area (Å²) in [5.41, 5.74) is -5.13. The fraction of sp³-hybridized carbons (Fsp3) is 0.553. The third-order valence-electron chi connectivity index (χ3n) is 12.2. The highest BCUT2D eigenvalue weighted by atomic mass is 31.0. The van der Waals surface area contributed by atoms with Crippen LogP contribution < -0.4 is 0 Å². The van der Waals surface area contributed by atoms with Gasteiger partial charge in [-0.05, 0) is 42.7 Å². The number of hydrogen-bond donors (Lipinski definition) is 3. The second-order valence-corrected chi connectivity index (χ2v) is 15.3. The number of fused-ring (bicyclic) bond motifs is 5. The highest BCUT2D eigenvalue weighted by molar-refractivity contribution is 7.09. The normalized spacial score (nSPS) is 37.2. The van der Waals surface area contributed by atoms with E-state index in [-0.39, 0.29) is 25.0 Å². The molecule has 0 amide bonds. The van der Waals surface area contributed by atoms with E-state index in [4.69, 9.17) is 23.5 Å². The fourth-order valence-corrected chi connectivity index (χ4v) is 9.43. The van der Waals surface area contributed by atoms with Gasteiger partial charge in [0.15, 0.2) is 11.9 Å². The van der Waals surface area contributed by atoms with Crippen molar-refractivity contribution in [1.29, 1.82) is 0 Å². The van der Waals surface area contributed by atoms with Crippen LogP contribution in [-0.2, 0) is 33.1 Å². The number of methoxy groups -OCH3 is 1. The van der Waals surface area contributed by atoms with Gasteiger partial charge >= 0.3 is 11.9 Å². The Balaban J connectivity index is 1.52. The molecule has 0 spiro atoms. The molecule has 2 aromatic carbocycles. The lowest BCUT2D eigenvalue weighted by molar-refractivity contribution is -0.343. The summed E-state index contributed by atoms with van der Waals surface area (Å²) in [6, 6.07) is 17.5. The number of ketones is 1. The number of hydrogen-bond acceptors (Lipinski definition) is 11. The highest BCUT2D eigenvalue weighted by Gasteiger charge is 2.76. The maximum Gasteiger partial charge on any atom is 0.338 e. The third kappa shape index (κ3) is 5.40. The molecular formula is C38H47O11P. The molecular weight excluding hydrogens is 663 g/mol. The molecule has 2 aromatic rings. The van der Waals surface area contributed by atoms with E-state index in [2.05, 4.69) is 9.47 Å². The van der Waals surface area contributed by atoms with Crippen LogP contribution in [0.4, 0.5) is 0 Å². The van der Waals surface area contributed by atoms with Gasteiger partial charge in [-0.1, -0.05) is 69.3 Å². The molecule has 0 aromatic heterocycles. The Hall–Kier alpha value is -3.02. The lowest BCUT2D eigenvalue weighted by atomic mass is 9.44. The number of carbonyl (C=O) groups is 3. The van der Waals surface area contributed by atoms with Gasteiger partial charge in [0, 0.05) is 46.7 Å². The molecule has 2 saturated carbocycles. The molecule has 6 rings (SSSR count). The average molecular weight is 711 g/mol. The number of esters is 2. The number of ether oxygens (including phenoxy) is 4. The topological polar surface area (TPSA) is 158 Å². The van der Waals surface area contributed by atoms with E-state index in [1.165, 1.54) is 14.0 Å². The maximum atomic E-state index is 15.0. The van der Waals surface area contributed by atoms with Crippen molar-refractivity contribution in [3.05, 3.63) is 82.9 Å². The second-order valence-electron chi connectivity index (χ2n) is 15.0. The molecule has 11 nitrogen and oxygen atoms in total. The van der Waals surface area contributed by atoms with Gasteiger partial charge in [0.25, 0.3) is 0 Å². The Kier molecular flexibility index (Phi) is 9.70. The van der Waals surface area contributed by atoms with Crippen LogP contribution in [0.15, 0.2) is 71.8 Å². The molecule has 1 aliphatic heterocycles. The first-order valence-electron chi connectivity index (χ1n) is 17.0. The average Bonchev–Trinajstić information content (AvgIpc) is 3.10. The van der Waals surface area contributed by atoms with E-state index >= 15 is 0 Å². The predicted octanol–water partition coefficient (Wildman–Crippen LogP) is 3.70. The first-order chi connectivity index (χ1) is 23.6. The first kappa shape index (κ1) is 36.8. The molecule has 4 aliphatic rings. The van der Waals surface area contributed by atoms with E-state index in [1.807, 2.05) is 37.3 Å². The third-order valence-corrected chi connectivity index (χ3v) is 12.5. The van der Waals surface area contributed by atoms with Gasteiger partial charge in [0.1, 0.15) is 29.5 Å². The summed E-state index contributed by atoms with van der Waals surface area (Å²) in [7, 11) is 3.49. The van der Waals surface area contributed by atoms with Gasteiger partial charge in [0.2, 0.25) is 0 Å². The molecule has 3 N–H and O–H groups in total. The zero-order valence-corrected chi connectivity index (χ0v) is 30.4. The SMILES string of the molecule is COC1C(=O)C2(C)C(O)CC3OCC3(O)C2C(OC(=O)c2ccccc2)C2(O)CC(OC(=O)C(OP)[C@@H](C)c3ccccc3)C(C)=C1C2(C)C. The predicted molar refractivity (Wildman–Crippen MR) is 184 cm³/mol. The summed E-state index contributed by atoms with van der Waals surface area (Å²) in [4.78, 5) is 42.8. The molecule has 1 saturated heterocycles. The fourth-order valence-electron chi connectivity index (χ4n) is 9.08. The molecule has 2 bridgehead atoms. The van der Waals surface area contributed by atoms with Crippen LogP contribution in [-0.4, -0.2) is 94.6 Å². The zero-order valence-electron chi connectivity index (χ0n) is 29.2. The molecule has 3 fully saturated rings. The van der Waals surface area contributed by atoms with Crippen molar-refractivity contribution in [3.8, 4) is 0 Å². The van der Waals surface area contributed by atoms with Crippen LogP contribution in [0.2, 0.25) is 0 Å². The number of aliphatic hydroxyl groups excluding tert-OH is 1. The zero-order chi connectivity index (χ0) is 36.4. The molecule has 270 valence electrons. The van der Waals surface area contributed by atoms with Crippen molar-refractivity contribution in [2.45, 2.75) is 101 Å². The highest BCUT2D eigenvalue weighted by Crippen LogP contribution is 2.63. The van der Waals surface area contributed by atoms with Crippen molar-refractivity contribution in [3.63, 3.8) is 0 Å². The smallest absolute Gasteiger partial charge is 0.338 e. The van der Waals surface area contributed by atoms with Crippen molar-refractivity contribution >= 4 is 27.2 Å². The van der Waals surface area contributed by atoms with E-state index in [1.54, 1.807) is 51.1 Å². The Bertz CT molecular complexity index is 1660. The van der Waals surface area contributed by atoms with Crippen molar-refractivity contribution < 1.29 is 53.2 Å². The minimum absolute atomic E-state index is 0.0544. The van der Waals surface area contributed by atoms with E-state index in [0.29, 0.717) is 11.1 Å². The van der Waals surface area contributed by atoms with Crippen LogP contribution in [0.1, 0.15) is 69.3 Å². The van der Waals surface area contributed by atoms with Crippen molar-refractivity contribution in [2.24, 2.45) is 16.7 Å². The van der Waals surface area contributed by atoms with Gasteiger partial charge in [-0.15, -0.1) is 0 Å². The van der Waals surface area contributed by atoms with E-state index in [0.717, 1.165) is 5.56 Å². The Morgan fingerprint density at radius 1 is 1.00 bits per heavy atom. The van der Waals surface area contributed by atoms with Gasteiger partial charge in [-0.25, -0.2) is 9.59 Å². The molecule has 12 heteroatoms. The van der Waals surface area contributed by atoms with Crippen LogP contribution in [0.25, 0.3) is 0 Å². The van der Waals surface area contributed by atoms with Gasteiger partial charge < -0.3 is 38.8 Å². The number of Topliss-reactive ketones (excluding diaryl/α,β-unsaturated/α-hetero) is 1. The quantitative estimate of drug-likeness (QED) is 0.209. The van der Waals surface area contributed by atoms with Crippen molar-refractivity contribution in [1.82, 2.24) is 0 Å². The summed E-state index contributed by atoms with van der Waals surface area (Å²) >= 11 is 0. The molecule has 0 radical (unpaired) electrons. The number of rotatable bonds is 8. The standard InChI is InChI=1S/C38H47O11P/c1-20(22-13-9-7-10-14-22)28(49-50)34(42)47-24-18-38(44)32(48-33(41)23-15-11-8-12-16-23)30-36(5,25(39)17-26-37(30,43)19-46-26)31(40)29(45-6)27(21(24)2)35(38,3)4/h7-16,20,24-26,28-30,32,39,43-44H,17-19,50H2,1-6H3/t20-,24?,25?,26?,28?,29?,30?,32?,36?,37?,38?/m0/s1. The van der Waals surface area contributed by atoms with Crippen LogP contribution in [0, 0.1) is 16.7 Å². The summed E-state index contributed by atoms with van der Waals surface area (Å²) in [6.07, 6.45) is -7.64. The van der Waals surface area contributed by atoms with Gasteiger partial charge in [0.05, 0.1) is 29.8 Å². The monoisotopic (exact) mass is 710 g/mol. The maximum absolute atomic E-state index is 15.0. The largest absolute Gasteiger partial charge is 0.456 e. The summed E-state index contributed by atoms with van der Waals surface area (Å²) in [6.45, 7) is 8.32. The number of aliphatic hydroxyl groups is 3. The van der Waals surface area contributed by atoms with Crippen LogP contribution >= 0.6 is 9.47 Å². The Labute approximate surface area is 294 Å². The number of carbonyl (C=O) groups excluding carboxylic acids is 3. The summed E-state index contributed by atoms with van der Waals surface area (Å²) in [5, 5.41) is 37.4. The number of benzene rings is 2. The van der Waals surface area contributed by atoms with Crippen LogP contribution in [0.3, 0.4) is 0 Å². The van der Waals surface area contributed by atoms with Crippen LogP contribution in [0.5, 0.6) is 0 Å². The van der Waals surface area contributed by atoms with E-state index in [9.17, 15) is 29.7 Å². The molecule has 50 heavy (non-hydrogen) atoms. The molecule has 1 heterocycles. The second kappa shape index (κ2) is 13.2. The summed E-state index contributed by atoms with van der Waals surface area (Å²) in [5.74, 6) is -3.82. The lowest BCUT2D eigenvalue weighted by Crippen LogP contribution is -2.81. The summed E-state index contributed by atoms with van der Waals surface area (Å²) < 4.78 is 29.7. The molecule has 3 aliphatic carbocycles. The Morgan fingerprint density at radius 2 is 1.62 bits per heavy atom. The Morgan fingerprint density at radius 3 is 2.18 bits per heavy atom. The minimum Gasteiger partial charge on any atom is -0.456 e. The first-order valence-corrected chi connectivity index (χ1v) is 17.4. The van der Waals surface area contributed by atoms with Gasteiger partial charge in [-0.3, -0.25) is 4.79 Å².